The van der Waals surface area contributed by atoms with Crippen LogP contribution in [0.4, 0.5) is 0 Å². The maximum absolute atomic E-state index is 12.9. The molecule has 0 aliphatic carbocycles. The van der Waals surface area contributed by atoms with Crippen LogP contribution in [0.5, 0.6) is 0 Å². The molecule has 0 spiro atoms. The zero-order chi connectivity index (χ0) is 20.7. The van der Waals surface area contributed by atoms with Gasteiger partial charge >= 0.3 is 13.1 Å². The van der Waals surface area contributed by atoms with Crippen molar-refractivity contribution in [3.8, 4) is 0 Å². The molecule has 2 aliphatic heterocycles. The Morgan fingerprint density at radius 2 is 1.82 bits per heavy atom. The van der Waals surface area contributed by atoms with Crippen molar-refractivity contribution in [3.05, 3.63) is 29.8 Å². The van der Waals surface area contributed by atoms with E-state index in [1.54, 1.807) is 4.90 Å². The quantitative estimate of drug-likeness (QED) is 0.802. The standard InChI is InChI=1S/C21H30BNO5/c1-14-9-10-16(19(25)26)13-23(14)18(24)12-15-7-6-8-17(11-15)22-27-20(2,3)21(4,5)28-22/h6-8,11,14,16H,9-10,12-13H2,1-5H3,(H,25,26)/t14-,16+/m0/s1. The first-order valence-electron chi connectivity index (χ1n) is 9.97. The second-order valence-electron chi connectivity index (χ2n) is 9.02. The number of aliphatic carboxylic acids is 1. The lowest BCUT2D eigenvalue weighted by molar-refractivity contribution is -0.147. The number of piperidine rings is 1. The number of nitrogens with zero attached hydrogens (tertiary/aromatic N) is 1. The van der Waals surface area contributed by atoms with Crippen molar-refractivity contribution >= 4 is 24.5 Å². The minimum Gasteiger partial charge on any atom is -0.481 e. The zero-order valence-electron chi connectivity index (χ0n) is 17.4. The van der Waals surface area contributed by atoms with E-state index in [4.69, 9.17) is 9.31 Å². The molecular weight excluding hydrogens is 357 g/mol. The predicted octanol–water partition coefficient (Wildman–Crippen LogP) is 2.24. The Labute approximate surface area is 167 Å². The zero-order valence-corrected chi connectivity index (χ0v) is 17.4. The van der Waals surface area contributed by atoms with Crippen molar-refractivity contribution in [2.45, 2.75) is 71.1 Å². The van der Waals surface area contributed by atoms with Gasteiger partial charge < -0.3 is 19.3 Å². The summed E-state index contributed by atoms with van der Waals surface area (Å²) in [6.45, 7) is 10.3. The molecule has 0 saturated carbocycles. The topological polar surface area (TPSA) is 76.1 Å². The van der Waals surface area contributed by atoms with E-state index < -0.39 is 30.2 Å². The third-order valence-corrected chi connectivity index (χ3v) is 6.38. The lowest BCUT2D eigenvalue weighted by Crippen LogP contribution is -2.48. The second-order valence-corrected chi connectivity index (χ2v) is 9.02. The molecule has 0 aromatic heterocycles. The van der Waals surface area contributed by atoms with Crippen LogP contribution in [0.3, 0.4) is 0 Å². The van der Waals surface area contributed by atoms with Gasteiger partial charge in [-0.1, -0.05) is 24.3 Å². The minimum absolute atomic E-state index is 0.0375. The van der Waals surface area contributed by atoms with Crippen LogP contribution >= 0.6 is 0 Å². The third-order valence-electron chi connectivity index (χ3n) is 6.38. The summed E-state index contributed by atoms with van der Waals surface area (Å²) in [5.74, 6) is -1.34. The van der Waals surface area contributed by atoms with Gasteiger partial charge in [0.2, 0.25) is 5.91 Å². The average Bonchev–Trinajstić information content (AvgIpc) is 2.83. The van der Waals surface area contributed by atoms with E-state index in [2.05, 4.69) is 0 Å². The second kappa shape index (κ2) is 7.52. The average molecular weight is 387 g/mol. The highest BCUT2D eigenvalue weighted by molar-refractivity contribution is 6.62. The Morgan fingerprint density at radius 3 is 2.43 bits per heavy atom. The molecule has 3 rings (SSSR count). The van der Waals surface area contributed by atoms with Crippen molar-refractivity contribution < 1.29 is 24.0 Å². The van der Waals surface area contributed by atoms with Gasteiger partial charge in [-0.3, -0.25) is 9.59 Å². The number of amides is 1. The Bertz CT molecular complexity index is 747. The molecule has 28 heavy (non-hydrogen) atoms. The van der Waals surface area contributed by atoms with Gasteiger partial charge in [-0.2, -0.15) is 0 Å². The number of carboxylic acid groups (broad SMARTS) is 1. The number of hydrogen-bond donors (Lipinski definition) is 1. The summed E-state index contributed by atoms with van der Waals surface area (Å²) < 4.78 is 12.2. The Balaban J connectivity index is 1.71. The molecule has 1 amide bonds. The molecule has 1 N–H and O–H groups in total. The summed E-state index contributed by atoms with van der Waals surface area (Å²) in [7, 11) is -0.467. The summed E-state index contributed by atoms with van der Waals surface area (Å²) in [4.78, 5) is 25.9. The van der Waals surface area contributed by atoms with E-state index >= 15 is 0 Å². The van der Waals surface area contributed by atoms with Crippen molar-refractivity contribution in [1.82, 2.24) is 4.90 Å². The normalized spacial score (nSPS) is 26.3. The highest BCUT2D eigenvalue weighted by atomic mass is 16.7. The van der Waals surface area contributed by atoms with E-state index in [-0.39, 0.29) is 24.9 Å². The van der Waals surface area contributed by atoms with Gasteiger partial charge in [0.15, 0.2) is 0 Å². The fourth-order valence-electron chi connectivity index (χ4n) is 3.76. The van der Waals surface area contributed by atoms with Crippen molar-refractivity contribution in [1.29, 1.82) is 0 Å². The number of likely N-dealkylation sites (tertiary alicyclic amines) is 1. The van der Waals surface area contributed by atoms with Crippen LogP contribution in [0.1, 0.15) is 53.0 Å². The van der Waals surface area contributed by atoms with Crippen LogP contribution in [0, 0.1) is 5.92 Å². The number of carbonyl (C=O) groups is 2. The van der Waals surface area contributed by atoms with E-state index in [9.17, 15) is 14.7 Å². The van der Waals surface area contributed by atoms with Crippen LogP contribution in [0.25, 0.3) is 0 Å². The number of rotatable bonds is 4. The van der Waals surface area contributed by atoms with Crippen LogP contribution in [0.15, 0.2) is 24.3 Å². The lowest BCUT2D eigenvalue weighted by Gasteiger charge is -2.36. The van der Waals surface area contributed by atoms with Crippen LogP contribution in [0.2, 0.25) is 0 Å². The summed E-state index contributed by atoms with van der Waals surface area (Å²) in [6.07, 6.45) is 1.58. The summed E-state index contributed by atoms with van der Waals surface area (Å²) >= 11 is 0. The molecule has 152 valence electrons. The van der Waals surface area contributed by atoms with E-state index in [1.807, 2.05) is 58.9 Å². The molecule has 2 saturated heterocycles. The van der Waals surface area contributed by atoms with Crippen LogP contribution in [-0.4, -0.2) is 52.8 Å². The number of benzene rings is 1. The first-order chi connectivity index (χ1) is 13.0. The molecule has 1 aromatic rings. The van der Waals surface area contributed by atoms with Gasteiger partial charge in [0.25, 0.3) is 0 Å². The Kier molecular flexibility index (Phi) is 5.61. The highest BCUT2D eigenvalue weighted by Crippen LogP contribution is 2.36. The third kappa shape index (κ3) is 4.10. The van der Waals surface area contributed by atoms with Gasteiger partial charge in [0.05, 0.1) is 23.5 Å². The van der Waals surface area contributed by atoms with Crippen LogP contribution < -0.4 is 5.46 Å². The molecule has 1 aromatic carbocycles. The van der Waals surface area contributed by atoms with Gasteiger partial charge in [0.1, 0.15) is 0 Å². The maximum atomic E-state index is 12.9. The first kappa shape index (κ1) is 20.9. The maximum Gasteiger partial charge on any atom is 0.494 e. The number of carbonyl (C=O) groups excluding carboxylic acids is 1. The van der Waals surface area contributed by atoms with Gasteiger partial charge in [-0.15, -0.1) is 0 Å². The largest absolute Gasteiger partial charge is 0.494 e. The Morgan fingerprint density at radius 1 is 1.18 bits per heavy atom. The minimum atomic E-state index is -0.826. The monoisotopic (exact) mass is 387 g/mol. The molecule has 0 radical (unpaired) electrons. The summed E-state index contributed by atoms with van der Waals surface area (Å²) in [5.41, 5.74) is 0.929. The molecule has 0 bridgehead atoms. The molecule has 2 aliphatic rings. The van der Waals surface area contributed by atoms with E-state index in [1.165, 1.54) is 0 Å². The van der Waals surface area contributed by atoms with Crippen molar-refractivity contribution in [2.24, 2.45) is 5.92 Å². The molecule has 2 fully saturated rings. The smallest absolute Gasteiger partial charge is 0.481 e. The molecule has 6 nitrogen and oxygen atoms in total. The van der Waals surface area contributed by atoms with Gasteiger partial charge in [-0.05, 0) is 58.5 Å². The van der Waals surface area contributed by atoms with E-state index in [0.29, 0.717) is 6.42 Å². The van der Waals surface area contributed by atoms with Crippen molar-refractivity contribution in [2.75, 3.05) is 6.54 Å². The first-order valence-corrected chi connectivity index (χ1v) is 9.97. The molecule has 2 atom stereocenters. The number of hydrogen-bond acceptors (Lipinski definition) is 4. The Hall–Kier alpha value is -1.86. The fourth-order valence-corrected chi connectivity index (χ4v) is 3.76. The lowest BCUT2D eigenvalue weighted by atomic mass is 9.78. The predicted molar refractivity (Wildman–Crippen MR) is 107 cm³/mol. The highest BCUT2D eigenvalue weighted by Gasteiger charge is 2.51. The van der Waals surface area contributed by atoms with Gasteiger partial charge in [0, 0.05) is 12.6 Å². The molecule has 2 heterocycles. The molecular formula is C21H30BNO5. The fraction of sp³-hybridized carbons (Fsp3) is 0.619. The van der Waals surface area contributed by atoms with Gasteiger partial charge in [-0.25, -0.2) is 0 Å². The van der Waals surface area contributed by atoms with E-state index in [0.717, 1.165) is 17.4 Å². The SMILES string of the molecule is C[C@H]1CC[C@@H](C(=O)O)CN1C(=O)Cc1cccc(B2OC(C)(C)C(C)(C)O2)c1. The summed E-state index contributed by atoms with van der Waals surface area (Å²) in [6, 6.07) is 7.77. The number of carboxylic acids is 1. The molecule has 7 heteroatoms. The van der Waals surface area contributed by atoms with Crippen molar-refractivity contribution in [3.63, 3.8) is 0 Å². The summed E-state index contributed by atoms with van der Waals surface area (Å²) in [5, 5.41) is 9.29. The molecule has 0 unspecified atom stereocenters. The van der Waals surface area contributed by atoms with Crippen LogP contribution in [-0.2, 0) is 25.3 Å².